The highest BCUT2D eigenvalue weighted by Crippen LogP contribution is -0.381. The third kappa shape index (κ3) is 5300. The molecule has 0 bridgehead atoms. The summed E-state index contributed by atoms with van der Waals surface area (Å²) in [6.45, 7) is 0. The maximum atomic E-state index is 0. The lowest BCUT2D eigenvalue weighted by Gasteiger charge is -0.345. The Morgan fingerprint density at radius 2 is 0.400 bits per heavy atom. The monoisotopic (exact) mass is 96.1 g/mol. The van der Waals surface area contributed by atoms with Crippen LogP contribution in [-0.2, 0) is 0 Å². The molecule has 0 aromatic heterocycles. The molecule has 36 valence electrons. The molecule has 0 aliphatic carbocycles. The first-order valence-corrected chi connectivity index (χ1v) is 0. The van der Waals surface area contributed by atoms with Gasteiger partial charge in [-0.25, -0.2) is 0 Å². The standard InChI is InChI=1S/4H3N.Si/h4*1H3;. The van der Waals surface area contributed by atoms with E-state index in [0.717, 1.165) is 0 Å². The quantitative estimate of drug-likeness (QED) is 0.321. The molecule has 4 nitrogen and oxygen atoms in total. The molecule has 0 spiro atoms. The van der Waals surface area contributed by atoms with Crippen LogP contribution in [-0.4, -0.2) is 11.0 Å². The first kappa shape index (κ1) is 25700. The van der Waals surface area contributed by atoms with Crippen LogP contribution < -0.4 is 24.6 Å². The summed E-state index contributed by atoms with van der Waals surface area (Å²) in [6, 6.07) is 0. The second kappa shape index (κ2) is 11700. The Morgan fingerprint density at radius 1 is 0.400 bits per heavy atom. The van der Waals surface area contributed by atoms with Crippen molar-refractivity contribution in [2.24, 2.45) is 0 Å². The SMILES string of the molecule is N.N.N.N.[Si]. The summed E-state index contributed by atoms with van der Waals surface area (Å²) in [5.74, 6) is 0. The van der Waals surface area contributed by atoms with Crippen molar-refractivity contribution in [3.8, 4) is 0 Å². The van der Waals surface area contributed by atoms with Crippen LogP contribution in [0.4, 0.5) is 0 Å². The van der Waals surface area contributed by atoms with Gasteiger partial charge in [-0.15, -0.1) is 0 Å². The van der Waals surface area contributed by atoms with E-state index >= 15 is 0 Å². The maximum absolute atomic E-state index is 0. The van der Waals surface area contributed by atoms with Crippen molar-refractivity contribution < 1.29 is 0 Å². The lowest BCUT2D eigenvalue weighted by molar-refractivity contribution is 2.13. The van der Waals surface area contributed by atoms with Gasteiger partial charge >= 0.3 is 0 Å². The topological polar surface area (TPSA) is 140 Å². The van der Waals surface area contributed by atoms with E-state index < -0.39 is 0 Å². The number of hydrogen-bond donors (Lipinski definition) is 4. The van der Waals surface area contributed by atoms with E-state index in [9.17, 15) is 0 Å². The summed E-state index contributed by atoms with van der Waals surface area (Å²) in [6.07, 6.45) is 0. The lowest BCUT2D eigenvalue weighted by Crippen LogP contribution is -0.482. The third-order valence-electron chi connectivity index (χ3n) is 0. The Kier molecular flexibility index (Phi) is 60300000. The van der Waals surface area contributed by atoms with Gasteiger partial charge in [0.15, 0.2) is 0 Å². The van der Waals surface area contributed by atoms with Crippen molar-refractivity contribution in [2.75, 3.05) is 0 Å². The van der Waals surface area contributed by atoms with E-state index in [0.29, 0.717) is 0 Å². The Morgan fingerprint density at radius 3 is 0.400 bits per heavy atom. The zero-order chi connectivity index (χ0) is 0. The van der Waals surface area contributed by atoms with Crippen LogP contribution in [0.3, 0.4) is 0 Å². The van der Waals surface area contributed by atoms with Gasteiger partial charge in [-0.05, 0) is 0 Å². The van der Waals surface area contributed by atoms with Crippen LogP contribution >= 0.6 is 0 Å². The fourth-order valence-corrected chi connectivity index (χ4v) is 0. The summed E-state index contributed by atoms with van der Waals surface area (Å²) in [7, 11) is 0. The molecule has 0 aromatic carbocycles. The van der Waals surface area contributed by atoms with Crippen LogP contribution in [0.2, 0.25) is 0 Å². The Bertz CT molecular complexity index is 3.61. The highest BCUT2D eigenvalue weighted by Gasteiger charge is 0.0000117. The minimum Gasteiger partial charge on any atom is -0.344 e. The molecule has 5 heteroatoms. The fourth-order valence-electron chi connectivity index (χ4n) is 0. The van der Waals surface area contributed by atoms with Gasteiger partial charge in [0.05, 0.1) is 0 Å². The molecule has 0 saturated heterocycles. The Balaban J connectivity index is 0. The molecule has 0 unspecified atom stereocenters. The predicted molar refractivity (Wildman–Crippen MR) is 25.8 cm³/mol. The molecule has 0 atom stereocenters. The van der Waals surface area contributed by atoms with Gasteiger partial charge in [-0.3, -0.25) is 0 Å². The second-order valence-corrected chi connectivity index (χ2v) is 0. The van der Waals surface area contributed by atoms with E-state index in [1.54, 1.807) is 0 Å². The van der Waals surface area contributed by atoms with Crippen molar-refractivity contribution in [3.05, 3.63) is 0 Å². The van der Waals surface area contributed by atoms with E-state index in [-0.39, 0.29) is 35.6 Å². The molecule has 12 N–H and O–H groups in total. The van der Waals surface area contributed by atoms with Gasteiger partial charge in [0, 0.05) is 11.0 Å². The molecule has 4 radical (unpaired) electrons. The van der Waals surface area contributed by atoms with Crippen molar-refractivity contribution in [1.29, 1.82) is 0 Å². The minimum absolute atomic E-state index is 0. The Hall–Kier alpha value is 0.0569. The zero-order valence-corrected chi connectivity index (χ0v) is 4.33. The van der Waals surface area contributed by atoms with Gasteiger partial charge in [-0.2, -0.15) is 0 Å². The summed E-state index contributed by atoms with van der Waals surface area (Å²) in [5.41, 5.74) is 0. The zero-order valence-electron chi connectivity index (χ0n) is 3.33. The molecule has 0 aliphatic heterocycles. The minimum atomic E-state index is 0. The van der Waals surface area contributed by atoms with Gasteiger partial charge in [0.25, 0.3) is 0 Å². The maximum Gasteiger partial charge on any atom is 0 e. The lowest BCUT2D eigenvalue weighted by atomic mass is 14.0. The first-order valence-electron chi connectivity index (χ1n) is 0. The van der Waals surface area contributed by atoms with Gasteiger partial charge in [0.2, 0.25) is 0 Å². The molecular formula is H12N4Si. The summed E-state index contributed by atoms with van der Waals surface area (Å²) < 4.78 is 0. The summed E-state index contributed by atoms with van der Waals surface area (Å²) in [5, 5.41) is 0. The van der Waals surface area contributed by atoms with Gasteiger partial charge in [-0.1, -0.05) is 0 Å². The molecule has 0 saturated carbocycles. The van der Waals surface area contributed by atoms with Crippen LogP contribution in [0.25, 0.3) is 0 Å². The Labute approximate surface area is 36.7 Å². The van der Waals surface area contributed by atoms with Gasteiger partial charge in [0.1, 0.15) is 0 Å². The molecule has 0 aromatic rings. The van der Waals surface area contributed by atoms with Crippen molar-refractivity contribution >= 4 is 11.0 Å². The second-order valence-electron chi connectivity index (χ2n) is 0. The van der Waals surface area contributed by atoms with Crippen LogP contribution in [0.1, 0.15) is 0 Å². The first-order chi connectivity index (χ1) is 0. The van der Waals surface area contributed by atoms with Crippen molar-refractivity contribution in [1.82, 2.24) is 24.6 Å². The molecular weight excluding hydrogens is 84.1 g/mol. The van der Waals surface area contributed by atoms with E-state index in [1.165, 1.54) is 0 Å². The average Bonchev–Trinajstić information content (AvgIpc) is 0. The highest BCUT2D eigenvalue weighted by atomic mass is 28.1. The molecule has 0 rings (SSSR count). The molecule has 0 fully saturated rings. The van der Waals surface area contributed by atoms with E-state index in [2.05, 4.69) is 0 Å². The third-order valence-corrected chi connectivity index (χ3v) is 0. The highest BCUT2D eigenvalue weighted by molar-refractivity contribution is 5.75. The largest absolute Gasteiger partial charge is 0.344 e. The molecule has 0 heterocycles. The molecule has 0 amide bonds. The van der Waals surface area contributed by atoms with Crippen molar-refractivity contribution in [3.63, 3.8) is 0 Å². The van der Waals surface area contributed by atoms with Gasteiger partial charge < -0.3 is 24.6 Å². The number of hydrogen-bond acceptors (Lipinski definition) is 4. The fraction of sp³-hybridized carbons (Fsp3) is 0. The van der Waals surface area contributed by atoms with Crippen LogP contribution in [0.5, 0.6) is 0 Å². The number of rotatable bonds is 0. The summed E-state index contributed by atoms with van der Waals surface area (Å²) in [4.78, 5) is 0. The van der Waals surface area contributed by atoms with Crippen molar-refractivity contribution in [2.45, 2.75) is 0 Å². The summed E-state index contributed by atoms with van der Waals surface area (Å²) >= 11 is 0. The molecule has 0 aliphatic rings. The van der Waals surface area contributed by atoms with Crippen LogP contribution in [0.15, 0.2) is 0 Å². The normalized spacial score (nSPS) is 0. The smallest absolute Gasteiger partial charge is 0 e. The van der Waals surface area contributed by atoms with E-state index in [4.69, 9.17) is 0 Å². The van der Waals surface area contributed by atoms with E-state index in [1.807, 2.05) is 0 Å². The average molecular weight is 96.2 g/mol. The molecule has 5 heavy (non-hydrogen) atoms. The predicted octanol–water partition coefficient (Wildman–Crippen LogP) is 0.267. The van der Waals surface area contributed by atoms with Crippen LogP contribution in [0, 0.1) is 0 Å².